The zero-order chi connectivity index (χ0) is 15.1. The maximum Gasteiger partial charge on any atom is 0.122 e. The van der Waals surface area contributed by atoms with Gasteiger partial charge in [0.25, 0.3) is 0 Å². The van der Waals surface area contributed by atoms with Crippen LogP contribution in [0.1, 0.15) is 94.7 Å². The summed E-state index contributed by atoms with van der Waals surface area (Å²) in [5.74, 6) is 1.47. The van der Waals surface area contributed by atoms with Crippen LogP contribution in [0.15, 0.2) is 12.1 Å². The summed E-state index contributed by atoms with van der Waals surface area (Å²) in [6.07, 6.45) is 7.23. The number of aromatic hydroxyl groups is 1. The summed E-state index contributed by atoms with van der Waals surface area (Å²) in [4.78, 5) is 0. The van der Waals surface area contributed by atoms with Gasteiger partial charge in [-0.2, -0.15) is 0 Å². The third-order valence-corrected chi connectivity index (χ3v) is 4.47. The third kappa shape index (κ3) is 4.26. The van der Waals surface area contributed by atoms with E-state index in [1.165, 1.54) is 36.8 Å². The molecule has 1 heteroatoms. The predicted octanol–water partition coefficient (Wildman–Crippen LogP) is 6.29. The van der Waals surface area contributed by atoms with Crippen LogP contribution in [0.2, 0.25) is 0 Å². The number of benzene rings is 1. The van der Waals surface area contributed by atoms with Crippen molar-refractivity contribution in [2.24, 2.45) is 0 Å². The molecule has 2 atom stereocenters. The van der Waals surface area contributed by atoms with Gasteiger partial charge >= 0.3 is 0 Å². The van der Waals surface area contributed by atoms with Gasteiger partial charge in [0.2, 0.25) is 0 Å². The van der Waals surface area contributed by atoms with Gasteiger partial charge in [-0.05, 0) is 48.3 Å². The van der Waals surface area contributed by atoms with Crippen LogP contribution in [0.3, 0.4) is 0 Å². The maximum atomic E-state index is 10.7. The topological polar surface area (TPSA) is 20.2 Å². The molecule has 0 aliphatic carbocycles. The standard InChI is InChI=1S/C19H32O/c1-6-8-10-14(3)17-13-12-16(5)18(19(17)20)15(4)11-9-7-2/h12-15,20H,6-11H2,1-5H3. The van der Waals surface area contributed by atoms with E-state index in [1.54, 1.807) is 0 Å². The number of aryl methyl sites for hydroxylation is 1. The molecule has 0 heterocycles. The van der Waals surface area contributed by atoms with Crippen molar-refractivity contribution < 1.29 is 5.11 Å². The Morgan fingerprint density at radius 3 is 2.05 bits per heavy atom. The molecule has 1 nitrogen and oxygen atoms in total. The van der Waals surface area contributed by atoms with E-state index < -0.39 is 0 Å². The largest absolute Gasteiger partial charge is 0.507 e. The highest BCUT2D eigenvalue weighted by atomic mass is 16.3. The van der Waals surface area contributed by atoms with E-state index in [-0.39, 0.29) is 0 Å². The van der Waals surface area contributed by atoms with Crippen LogP contribution in [-0.4, -0.2) is 5.11 Å². The van der Waals surface area contributed by atoms with E-state index in [9.17, 15) is 5.11 Å². The summed E-state index contributed by atoms with van der Waals surface area (Å²) in [5, 5.41) is 10.7. The molecule has 0 aromatic heterocycles. The lowest BCUT2D eigenvalue weighted by molar-refractivity contribution is 0.443. The lowest BCUT2D eigenvalue weighted by Crippen LogP contribution is -2.02. The van der Waals surface area contributed by atoms with Crippen LogP contribution >= 0.6 is 0 Å². The zero-order valence-electron chi connectivity index (χ0n) is 14.0. The van der Waals surface area contributed by atoms with E-state index in [2.05, 4.69) is 46.8 Å². The molecule has 0 radical (unpaired) electrons. The molecule has 2 unspecified atom stereocenters. The molecule has 0 aliphatic heterocycles. The molecule has 0 spiro atoms. The molecule has 1 rings (SSSR count). The number of hydrogen-bond acceptors (Lipinski definition) is 1. The molecule has 0 aliphatic rings. The Balaban J connectivity index is 3.00. The molecular formula is C19H32O. The Bertz CT molecular complexity index is 408. The molecule has 20 heavy (non-hydrogen) atoms. The smallest absolute Gasteiger partial charge is 0.122 e. The van der Waals surface area contributed by atoms with Crippen molar-refractivity contribution >= 4 is 0 Å². The van der Waals surface area contributed by atoms with Crippen molar-refractivity contribution in [3.63, 3.8) is 0 Å². The maximum absolute atomic E-state index is 10.7. The van der Waals surface area contributed by atoms with Crippen molar-refractivity contribution in [2.45, 2.75) is 85.0 Å². The van der Waals surface area contributed by atoms with Gasteiger partial charge < -0.3 is 5.11 Å². The number of rotatable bonds is 8. The molecule has 0 bridgehead atoms. The number of phenolic OH excluding ortho intramolecular Hbond substituents is 1. The molecule has 114 valence electrons. The van der Waals surface area contributed by atoms with Gasteiger partial charge in [-0.25, -0.2) is 0 Å². The van der Waals surface area contributed by atoms with Gasteiger partial charge in [0.15, 0.2) is 0 Å². The summed E-state index contributed by atoms with van der Waals surface area (Å²) in [7, 11) is 0. The lowest BCUT2D eigenvalue weighted by atomic mass is 9.85. The normalized spacial score (nSPS) is 14.2. The quantitative estimate of drug-likeness (QED) is 0.591. The van der Waals surface area contributed by atoms with Gasteiger partial charge in [-0.15, -0.1) is 0 Å². The Kier molecular flexibility index (Phi) is 7.12. The first-order valence-electron chi connectivity index (χ1n) is 8.35. The Morgan fingerprint density at radius 2 is 1.50 bits per heavy atom. The van der Waals surface area contributed by atoms with Crippen molar-refractivity contribution in [1.82, 2.24) is 0 Å². The van der Waals surface area contributed by atoms with E-state index in [0.29, 0.717) is 17.6 Å². The molecule has 1 aromatic carbocycles. The molecule has 0 saturated heterocycles. The highest BCUT2D eigenvalue weighted by Crippen LogP contribution is 2.39. The highest BCUT2D eigenvalue weighted by Gasteiger charge is 2.18. The van der Waals surface area contributed by atoms with Crippen molar-refractivity contribution in [2.75, 3.05) is 0 Å². The van der Waals surface area contributed by atoms with E-state index in [4.69, 9.17) is 0 Å². The van der Waals surface area contributed by atoms with Gasteiger partial charge in [-0.1, -0.05) is 65.5 Å². The van der Waals surface area contributed by atoms with Crippen LogP contribution in [0.25, 0.3) is 0 Å². The molecule has 0 fully saturated rings. The molecule has 1 aromatic rings. The average Bonchev–Trinajstić information content (AvgIpc) is 2.42. The van der Waals surface area contributed by atoms with Gasteiger partial charge in [-0.3, -0.25) is 0 Å². The number of hydrogen-bond donors (Lipinski definition) is 1. The SMILES string of the molecule is CCCCC(C)c1ccc(C)c(C(C)CCCC)c1O. The first-order chi connectivity index (χ1) is 9.52. The van der Waals surface area contributed by atoms with Crippen molar-refractivity contribution in [3.05, 3.63) is 28.8 Å². The van der Waals surface area contributed by atoms with Crippen LogP contribution in [-0.2, 0) is 0 Å². The second-order valence-corrected chi connectivity index (χ2v) is 6.32. The van der Waals surface area contributed by atoms with Crippen molar-refractivity contribution in [3.8, 4) is 5.75 Å². The second-order valence-electron chi connectivity index (χ2n) is 6.32. The predicted molar refractivity (Wildman–Crippen MR) is 88.7 cm³/mol. The number of phenols is 1. The van der Waals surface area contributed by atoms with Gasteiger partial charge in [0.05, 0.1) is 0 Å². The Labute approximate surface area is 125 Å². The first-order valence-corrected chi connectivity index (χ1v) is 8.35. The third-order valence-electron chi connectivity index (χ3n) is 4.47. The fourth-order valence-corrected chi connectivity index (χ4v) is 3.07. The van der Waals surface area contributed by atoms with Crippen molar-refractivity contribution in [1.29, 1.82) is 0 Å². The summed E-state index contributed by atoms with van der Waals surface area (Å²) < 4.78 is 0. The molecule has 0 amide bonds. The molecule has 0 saturated carbocycles. The van der Waals surface area contributed by atoms with E-state index >= 15 is 0 Å². The van der Waals surface area contributed by atoms with Gasteiger partial charge in [0, 0.05) is 0 Å². The average molecular weight is 276 g/mol. The van der Waals surface area contributed by atoms with Crippen LogP contribution in [0.5, 0.6) is 5.75 Å². The van der Waals surface area contributed by atoms with Crippen LogP contribution in [0.4, 0.5) is 0 Å². The highest BCUT2D eigenvalue weighted by molar-refractivity contribution is 5.48. The fourth-order valence-electron chi connectivity index (χ4n) is 3.07. The molecule has 1 N–H and O–H groups in total. The lowest BCUT2D eigenvalue weighted by Gasteiger charge is -2.21. The summed E-state index contributed by atoms with van der Waals surface area (Å²) in [6.45, 7) is 11.1. The monoisotopic (exact) mass is 276 g/mol. The minimum atomic E-state index is 0.452. The molecular weight excluding hydrogens is 244 g/mol. The van der Waals surface area contributed by atoms with Gasteiger partial charge in [0.1, 0.15) is 5.75 Å². The summed E-state index contributed by atoms with van der Waals surface area (Å²) >= 11 is 0. The second kappa shape index (κ2) is 8.34. The van der Waals surface area contributed by atoms with E-state index in [0.717, 1.165) is 18.4 Å². The minimum absolute atomic E-state index is 0.452. The fraction of sp³-hybridized carbons (Fsp3) is 0.684. The Morgan fingerprint density at radius 1 is 0.950 bits per heavy atom. The Hall–Kier alpha value is -0.980. The first kappa shape index (κ1) is 17.1. The van der Waals surface area contributed by atoms with Crippen LogP contribution in [0, 0.1) is 6.92 Å². The van der Waals surface area contributed by atoms with Crippen LogP contribution < -0.4 is 0 Å². The summed E-state index contributed by atoms with van der Waals surface area (Å²) in [5.41, 5.74) is 3.55. The minimum Gasteiger partial charge on any atom is -0.507 e. The van der Waals surface area contributed by atoms with E-state index in [1.807, 2.05) is 0 Å². The zero-order valence-corrected chi connectivity index (χ0v) is 14.0. The number of unbranched alkanes of at least 4 members (excludes halogenated alkanes) is 2. The summed E-state index contributed by atoms with van der Waals surface area (Å²) in [6, 6.07) is 4.32.